The number of benzene rings is 2. The normalized spacial score (nSPS) is 12.0. The molecule has 0 fully saturated rings. The summed E-state index contributed by atoms with van der Waals surface area (Å²) in [4.78, 5) is 11.6. The summed E-state index contributed by atoms with van der Waals surface area (Å²) in [5, 5.41) is 2.48. The molecule has 2 aromatic carbocycles. The van der Waals surface area contributed by atoms with Gasteiger partial charge in [0.25, 0.3) is 8.32 Å². The second kappa shape index (κ2) is 29.3. The molecule has 290 valence electrons. The highest BCUT2D eigenvalue weighted by Crippen LogP contribution is 2.36. The maximum Gasteiger partial charge on any atom is 0.305 e. The topological polar surface area (TPSA) is 100 Å². The van der Waals surface area contributed by atoms with Crippen molar-refractivity contribution in [3.8, 4) is 0 Å². The molecule has 0 spiro atoms. The van der Waals surface area contributed by atoms with E-state index in [0.717, 1.165) is 12.8 Å². The second-order valence-electron chi connectivity index (χ2n) is 13.2. The lowest BCUT2D eigenvalue weighted by molar-refractivity contribution is -0.145. The molecule has 2 rings (SSSR count). The van der Waals surface area contributed by atoms with Crippen molar-refractivity contribution in [1.82, 2.24) is 0 Å². The zero-order valence-electron chi connectivity index (χ0n) is 31.9. The van der Waals surface area contributed by atoms with E-state index < -0.39 is 8.32 Å². The number of rotatable bonds is 33. The van der Waals surface area contributed by atoms with Crippen LogP contribution in [0.3, 0.4) is 0 Å². The van der Waals surface area contributed by atoms with E-state index in [2.05, 4.69) is 88.4 Å². The number of hydrogen-bond acceptors (Lipinski definition) is 10. The Kier molecular flexibility index (Phi) is 25.8. The van der Waals surface area contributed by atoms with Crippen LogP contribution < -0.4 is 10.4 Å². The minimum Gasteiger partial charge on any atom is -0.463 e. The van der Waals surface area contributed by atoms with Crippen LogP contribution in [0, 0.1) is 0 Å². The molecule has 0 aliphatic rings. The second-order valence-corrected chi connectivity index (χ2v) is 17.5. The number of hydrogen-bond donors (Lipinski definition) is 0. The Labute approximate surface area is 308 Å². The standard InChI is InChI=1S/C40H66O10Si/c1-5-6-7-8-15-20-39(41)49-35-33-47-31-29-45-27-25-43-23-21-42-22-24-44-26-28-46-30-32-48-34-36-50-51(40(2,3)4,37-16-11-9-12-17-37)38-18-13-10-14-19-38/h9-14,16-19H,5-8,15,20-36H2,1-4H3. The maximum absolute atomic E-state index is 11.6. The number of carbonyl (C=O) groups excluding carboxylic acids is 1. The van der Waals surface area contributed by atoms with Gasteiger partial charge in [-0.3, -0.25) is 4.79 Å². The predicted octanol–water partition coefficient (Wildman–Crippen LogP) is 5.58. The minimum absolute atomic E-state index is 0.0567. The molecule has 0 bridgehead atoms. The smallest absolute Gasteiger partial charge is 0.305 e. The van der Waals surface area contributed by atoms with Crippen molar-refractivity contribution in [1.29, 1.82) is 0 Å². The van der Waals surface area contributed by atoms with E-state index in [1.807, 2.05) is 0 Å². The third kappa shape index (κ3) is 20.0. The SMILES string of the molecule is CCCCCCCC(=O)OCCOCCOCCOCCOCCOCCOCCOCCO[Si](c1ccccc1)(c1ccccc1)C(C)(C)C. The molecule has 0 amide bonds. The average molecular weight is 735 g/mol. The quantitative estimate of drug-likeness (QED) is 0.0525. The minimum atomic E-state index is -2.54. The first-order valence-electron chi connectivity index (χ1n) is 18.9. The molecule has 51 heavy (non-hydrogen) atoms. The van der Waals surface area contributed by atoms with Gasteiger partial charge in [-0.05, 0) is 21.8 Å². The fraction of sp³-hybridized carbons (Fsp3) is 0.675. The Morgan fingerprint density at radius 2 is 0.843 bits per heavy atom. The van der Waals surface area contributed by atoms with Crippen molar-refractivity contribution in [3.63, 3.8) is 0 Å². The highest BCUT2D eigenvalue weighted by molar-refractivity contribution is 6.99. The van der Waals surface area contributed by atoms with Gasteiger partial charge in [0.15, 0.2) is 0 Å². The van der Waals surface area contributed by atoms with E-state index in [1.54, 1.807) is 0 Å². The monoisotopic (exact) mass is 734 g/mol. The van der Waals surface area contributed by atoms with Gasteiger partial charge in [0, 0.05) is 6.42 Å². The van der Waals surface area contributed by atoms with Crippen LogP contribution in [0.25, 0.3) is 0 Å². The molecule has 11 heteroatoms. The summed E-state index contributed by atoms with van der Waals surface area (Å²) in [7, 11) is -2.54. The fourth-order valence-corrected chi connectivity index (χ4v) is 10.1. The molecule has 2 aromatic rings. The van der Waals surface area contributed by atoms with Gasteiger partial charge in [0.05, 0.1) is 99.1 Å². The fourth-order valence-electron chi connectivity index (χ4n) is 5.60. The molecule has 0 atom stereocenters. The van der Waals surface area contributed by atoms with Gasteiger partial charge in [0.2, 0.25) is 0 Å². The van der Waals surface area contributed by atoms with Crippen molar-refractivity contribution < 1.29 is 47.1 Å². The molecular formula is C40H66O10Si. The van der Waals surface area contributed by atoms with Crippen LogP contribution in [0.15, 0.2) is 60.7 Å². The lowest BCUT2D eigenvalue weighted by atomic mass is 10.1. The van der Waals surface area contributed by atoms with Crippen LogP contribution in [0.4, 0.5) is 0 Å². The lowest BCUT2D eigenvalue weighted by Gasteiger charge is -2.43. The third-order valence-electron chi connectivity index (χ3n) is 8.17. The summed E-state index contributed by atoms with van der Waals surface area (Å²) in [6, 6.07) is 21.3. The first kappa shape index (κ1) is 45.0. The first-order valence-corrected chi connectivity index (χ1v) is 20.8. The van der Waals surface area contributed by atoms with Crippen molar-refractivity contribution in [2.75, 3.05) is 106 Å². The highest BCUT2D eigenvalue weighted by atomic mass is 28.4. The van der Waals surface area contributed by atoms with Gasteiger partial charge in [-0.15, -0.1) is 0 Å². The summed E-state index contributed by atoms with van der Waals surface area (Å²) < 4.78 is 51.0. The van der Waals surface area contributed by atoms with E-state index in [4.69, 9.17) is 42.3 Å². The Bertz CT molecular complexity index is 1040. The van der Waals surface area contributed by atoms with Crippen LogP contribution in [0.5, 0.6) is 0 Å². The van der Waals surface area contributed by atoms with Crippen LogP contribution in [-0.2, 0) is 47.1 Å². The van der Waals surface area contributed by atoms with E-state index in [-0.39, 0.29) is 17.6 Å². The Hall–Kier alpha value is -2.19. The molecule has 0 aromatic heterocycles. The molecule has 10 nitrogen and oxygen atoms in total. The summed E-state index contributed by atoms with van der Waals surface area (Å²) in [5.41, 5.74) is 0. The number of unbranched alkanes of at least 4 members (excludes halogenated alkanes) is 4. The maximum atomic E-state index is 11.6. The molecule has 0 heterocycles. The van der Waals surface area contributed by atoms with E-state index in [0.29, 0.717) is 106 Å². The molecule has 0 radical (unpaired) electrons. The van der Waals surface area contributed by atoms with Gasteiger partial charge in [-0.1, -0.05) is 114 Å². The summed E-state index contributed by atoms with van der Waals surface area (Å²) in [6.45, 7) is 16.6. The summed E-state index contributed by atoms with van der Waals surface area (Å²) in [5.74, 6) is -0.145. The molecular weight excluding hydrogens is 669 g/mol. The Balaban J connectivity index is 1.35. The number of carbonyl (C=O) groups is 1. The van der Waals surface area contributed by atoms with Crippen LogP contribution in [0.1, 0.15) is 66.2 Å². The highest BCUT2D eigenvalue weighted by Gasteiger charge is 2.50. The van der Waals surface area contributed by atoms with Crippen LogP contribution in [-0.4, -0.2) is 120 Å². The third-order valence-corrected chi connectivity index (χ3v) is 13.2. The van der Waals surface area contributed by atoms with Gasteiger partial charge >= 0.3 is 5.97 Å². The average Bonchev–Trinajstić information content (AvgIpc) is 3.13. The van der Waals surface area contributed by atoms with Crippen molar-refractivity contribution in [2.45, 2.75) is 71.3 Å². The summed E-state index contributed by atoms with van der Waals surface area (Å²) >= 11 is 0. The zero-order chi connectivity index (χ0) is 36.7. The first-order chi connectivity index (χ1) is 24.9. The molecule has 0 saturated carbocycles. The van der Waals surface area contributed by atoms with Crippen LogP contribution >= 0.6 is 0 Å². The van der Waals surface area contributed by atoms with Crippen molar-refractivity contribution >= 4 is 24.7 Å². The molecule has 0 N–H and O–H groups in total. The molecule has 0 unspecified atom stereocenters. The molecule has 0 aliphatic carbocycles. The van der Waals surface area contributed by atoms with Gasteiger partial charge < -0.3 is 42.3 Å². The molecule has 0 saturated heterocycles. The Morgan fingerprint density at radius 1 is 0.490 bits per heavy atom. The predicted molar refractivity (Wildman–Crippen MR) is 204 cm³/mol. The van der Waals surface area contributed by atoms with Gasteiger partial charge in [-0.25, -0.2) is 0 Å². The largest absolute Gasteiger partial charge is 0.463 e. The van der Waals surface area contributed by atoms with Crippen LogP contribution in [0.2, 0.25) is 5.04 Å². The Morgan fingerprint density at radius 3 is 1.22 bits per heavy atom. The summed E-state index contributed by atoms with van der Waals surface area (Å²) in [6.07, 6.45) is 6.08. The zero-order valence-corrected chi connectivity index (χ0v) is 32.9. The lowest BCUT2D eigenvalue weighted by Crippen LogP contribution is -2.66. The van der Waals surface area contributed by atoms with E-state index >= 15 is 0 Å². The number of esters is 1. The van der Waals surface area contributed by atoms with Crippen molar-refractivity contribution in [2.24, 2.45) is 0 Å². The van der Waals surface area contributed by atoms with E-state index in [9.17, 15) is 4.79 Å². The molecule has 0 aliphatic heterocycles. The van der Waals surface area contributed by atoms with Crippen molar-refractivity contribution in [3.05, 3.63) is 60.7 Å². The van der Waals surface area contributed by atoms with E-state index in [1.165, 1.54) is 29.6 Å². The van der Waals surface area contributed by atoms with Gasteiger partial charge in [-0.2, -0.15) is 0 Å². The number of ether oxygens (including phenoxy) is 8. The van der Waals surface area contributed by atoms with Gasteiger partial charge in [0.1, 0.15) is 6.61 Å².